The summed E-state index contributed by atoms with van der Waals surface area (Å²) in [5, 5.41) is 6.56. The van der Waals surface area contributed by atoms with E-state index in [0.29, 0.717) is 12.5 Å². The van der Waals surface area contributed by atoms with Crippen LogP contribution in [0, 0.1) is 5.92 Å². The van der Waals surface area contributed by atoms with Crippen LogP contribution in [0.4, 0.5) is 11.6 Å². The van der Waals surface area contributed by atoms with E-state index in [4.69, 9.17) is 5.73 Å². The van der Waals surface area contributed by atoms with E-state index >= 15 is 0 Å². The summed E-state index contributed by atoms with van der Waals surface area (Å²) in [6, 6.07) is 1.93. The van der Waals surface area contributed by atoms with Crippen molar-refractivity contribution in [1.29, 1.82) is 0 Å². The van der Waals surface area contributed by atoms with Gasteiger partial charge in [0.2, 0.25) is 0 Å². The van der Waals surface area contributed by atoms with Gasteiger partial charge >= 0.3 is 0 Å². The highest BCUT2D eigenvalue weighted by Gasteiger charge is 2.01. The summed E-state index contributed by atoms with van der Waals surface area (Å²) in [5.41, 5.74) is 5.58. The average molecular weight is 266 g/mol. The largest absolute Gasteiger partial charge is 0.370 e. The van der Waals surface area contributed by atoms with E-state index in [1.165, 1.54) is 0 Å². The molecule has 0 fully saturated rings. The molecule has 1 unspecified atom stereocenters. The van der Waals surface area contributed by atoms with Gasteiger partial charge in [-0.05, 0) is 39.5 Å². The lowest BCUT2D eigenvalue weighted by Crippen LogP contribution is -2.20. The molecule has 108 valence electrons. The number of hydrogen-bond donors (Lipinski definition) is 3. The van der Waals surface area contributed by atoms with Gasteiger partial charge in [-0.2, -0.15) is 0 Å². The Kier molecular flexibility index (Phi) is 7.14. The van der Waals surface area contributed by atoms with Crippen molar-refractivity contribution < 1.29 is 0 Å². The molecule has 0 bridgehead atoms. The van der Waals surface area contributed by atoms with Gasteiger partial charge in [-0.25, -0.2) is 9.97 Å². The number of nitrogens with two attached hydrogens (primary N) is 1. The molecule has 0 aromatic carbocycles. The summed E-state index contributed by atoms with van der Waals surface area (Å²) in [5.74, 6) is 2.13. The Balaban J connectivity index is 2.35. The Morgan fingerprint density at radius 3 is 2.58 bits per heavy atom. The van der Waals surface area contributed by atoms with Crippen LogP contribution in [0.3, 0.4) is 0 Å². The third kappa shape index (κ3) is 6.93. The maximum atomic E-state index is 5.58. The summed E-state index contributed by atoms with van der Waals surface area (Å²) in [6.07, 6.45) is 2.66. The zero-order valence-electron chi connectivity index (χ0n) is 12.2. The Bertz CT molecular complexity index is 355. The van der Waals surface area contributed by atoms with Gasteiger partial charge in [-0.15, -0.1) is 0 Å². The highest BCUT2D eigenvalue weighted by atomic mass is 15.1. The van der Waals surface area contributed by atoms with E-state index < -0.39 is 0 Å². The van der Waals surface area contributed by atoms with E-state index in [-0.39, 0.29) is 0 Å². The third-order valence-corrected chi connectivity index (χ3v) is 2.79. The van der Waals surface area contributed by atoms with Crippen molar-refractivity contribution in [3.63, 3.8) is 0 Å². The zero-order valence-corrected chi connectivity index (χ0v) is 12.2. The van der Waals surface area contributed by atoms with Gasteiger partial charge in [0.05, 0.1) is 0 Å². The Hall–Kier alpha value is -1.40. The normalized spacial score (nSPS) is 12.5. The Morgan fingerprint density at radius 1 is 1.26 bits per heavy atom. The molecule has 0 aliphatic carbocycles. The molecular formula is C13H26N6. The van der Waals surface area contributed by atoms with Crippen LogP contribution < -0.4 is 16.4 Å². The number of nitrogens with zero attached hydrogens (tertiary/aromatic N) is 3. The Labute approximate surface area is 115 Å². The fourth-order valence-electron chi connectivity index (χ4n) is 1.52. The molecule has 4 N–H and O–H groups in total. The summed E-state index contributed by atoms with van der Waals surface area (Å²) in [4.78, 5) is 10.6. The van der Waals surface area contributed by atoms with Gasteiger partial charge in [0, 0.05) is 19.2 Å². The van der Waals surface area contributed by atoms with Gasteiger partial charge in [-0.3, -0.25) is 0 Å². The second-order valence-corrected chi connectivity index (χ2v) is 5.09. The minimum atomic E-state index is 0.437. The summed E-state index contributed by atoms with van der Waals surface area (Å²) < 4.78 is 0. The van der Waals surface area contributed by atoms with Crippen molar-refractivity contribution >= 4 is 11.6 Å². The second-order valence-electron chi connectivity index (χ2n) is 5.09. The number of hydrogen-bond acceptors (Lipinski definition) is 6. The molecule has 0 saturated heterocycles. The smallest absolute Gasteiger partial charge is 0.131 e. The lowest BCUT2D eigenvalue weighted by Gasteiger charge is -2.12. The van der Waals surface area contributed by atoms with Crippen LogP contribution in [0.2, 0.25) is 0 Å². The van der Waals surface area contributed by atoms with E-state index in [0.717, 1.165) is 37.7 Å². The molecule has 6 heteroatoms. The molecule has 6 nitrogen and oxygen atoms in total. The highest BCUT2D eigenvalue weighted by Crippen LogP contribution is 2.09. The number of rotatable bonds is 9. The SMILES string of the molecule is CC(CN)CNc1cc(NCCCN(C)C)ncn1. The predicted molar refractivity (Wildman–Crippen MR) is 80.4 cm³/mol. The summed E-state index contributed by atoms with van der Waals surface area (Å²) >= 11 is 0. The second kappa shape index (κ2) is 8.66. The van der Waals surface area contributed by atoms with Crippen molar-refractivity contribution in [3.8, 4) is 0 Å². The molecule has 0 spiro atoms. The van der Waals surface area contributed by atoms with Crippen molar-refractivity contribution in [2.24, 2.45) is 11.7 Å². The van der Waals surface area contributed by atoms with E-state index in [1.807, 2.05) is 6.07 Å². The fraction of sp³-hybridized carbons (Fsp3) is 0.692. The molecule has 0 amide bonds. The van der Waals surface area contributed by atoms with Crippen LogP contribution in [-0.2, 0) is 0 Å². The van der Waals surface area contributed by atoms with Gasteiger partial charge in [-0.1, -0.05) is 6.92 Å². The molecule has 0 aliphatic heterocycles. The first-order chi connectivity index (χ1) is 9.11. The molecule has 1 atom stereocenters. The van der Waals surface area contributed by atoms with Crippen molar-refractivity contribution in [2.45, 2.75) is 13.3 Å². The van der Waals surface area contributed by atoms with Crippen molar-refractivity contribution in [2.75, 3.05) is 50.9 Å². The summed E-state index contributed by atoms with van der Waals surface area (Å²) in [6.45, 7) is 5.58. The molecule has 1 aromatic rings. The van der Waals surface area contributed by atoms with E-state index in [9.17, 15) is 0 Å². The maximum Gasteiger partial charge on any atom is 0.131 e. The van der Waals surface area contributed by atoms with Crippen LogP contribution >= 0.6 is 0 Å². The first-order valence-electron chi connectivity index (χ1n) is 6.76. The first kappa shape index (κ1) is 15.7. The van der Waals surface area contributed by atoms with Gasteiger partial charge in [0.25, 0.3) is 0 Å². The summed E-state index contributed by atoms with van der Waals surface area (Å²) in [7, 11) is 4.15. The van der Waals surface area contributed by atoms with Gasteiger partial charge in [0.15, 0.2) is 0 Å². The van der Waals surface area contributed by atoms with Crippen LogP contribution in [0.25, 0.3) is 0 Å². The number of nitrogens with one attached hydrogen (secondary N) is 2. The quantitative estimate of drug-likeness (QED) is 0.575. The molecule has 0 saturated carbocycles. The maximum absolute atomic E-state index is 5.58. The number of aromatic nitrogens is 2. The topological polar surface area (TPSA) is 79.1 Å². The molecule has 0 radical (unpaired) electrons. The first-order valence-corrected chi connectivity index (χ1v) is 6.76. The monoisotopic (exact) mass is 266 g/mol. The van der Waals surface area contributed by atoms with Crippen LogP contribution in [0.15, 0.2) is 12.4 Å². The van der Waals surface area contributed by atoms with Crippen molar-refractivity contribution in [3.05, 3.63) is 12.4 Å². The van der Waals surface area contributed by atoms with Gasteiger partial charge < -0.3 is 21.3 Å². The molecular weight excluding hydrogens is 240 g/mol. The molecule has 0 aliphatic rings. The minimum Gasteiger partial charge on any atom is -0.370 e. The van der Waals surface area contributed by atoms with E-state index in [2.05, 4.69) is 46.5 Å². The molecule has 1 aromatic heterocycles. The zero-order chi connectivity index (χ0) is 14.1. The third-order valence-electron chi connectivity index (χ3n) is 2.79. The minimum absolute atomic E-state index is 0.437. The fourth-order valence-corrected chi connectivity index (χ4v) is 1.52. The van der Waals surface area contributed by atoms with Crippen LogP contribution in [0.1, 0.15) is 13.3 Å². The van der Waals surface area contributed by atoms with Crippen LogP contribution in [-0.4, -0.2) is 55.1 Å². The Morgan fingerprint density at radius 2 is 1.95 bits per heavy atom. The molecule has 1 rings (SSSR count). The van der Waals surface area contributed by atoms with Crippen molar-refractivity contribution in [1.82, 2.24) is 14.9 Å². The van der Waals surface area contributed by atoms with E-state index in [1.54, 1.807) is 6.33 Å². The average Bonchev–Trinajstić information content (AvgIpc) is 2.41. The van der Waals surface area contributed by atoms with Gasteiger partial charge in [0.1, 0.15) is 18.0 Å². The predicted octanol–water partition coefficient (Wildman–Crippen LogP) is 0.847. The lowest BCUT2D eigenvalue weighted by atomic mass is 10.2. The van der Waals surface area contributed by atoms with Crippen LogP contribution in [0.5, 0.6) is 0 Å². The highest BCUT2D eigenvalue weighted by molar-refractivity contribution is 5.46. The number of anilines is 2. The molecule has 1 heterocycles. The molecule has 19 heavy (non-hydrogen) atoms. The lowest BCUT2D eigenvalue weighted by molar-refractivity contribution is 0.405. The standard InChI is InChI=1S/C13H26N6/c1-11(8-14)9-16-13-7-12(17-10-18-13)15-5-4-6-19(2)3/h7,10-11H,4-6,8-9,14H2,1-3H3,(H2,15,16,17,18).